The summed E-state index contributed by atoms with van der Waals surface area (Å²) in [5.74, 6) is -1.49. The number of nitrogens with one attached hydrogen (secondary N) is 2. The molecule has 0 spiro atoms. The van der Waals surface area contributed by atoms with Crippen molar-refractivity contribution in [2.45, 2.75) is 69.9 Å². The first-order chi connectivity index (χ1) is 16.8. The molecule has 12 heteroatoms. The third kappa shape index (κ3) is 15.7. The molecule has 0 aliphatic carbocycles. The van der Waals surface area contributed by atoms with Gasteiger partial charge in [-0.1, -0.05) is 12.8 Å². The maximum Gasteiger partial charge on any atom is 0.236 e. The largest absolute Gasteiger partial charge is 0.354 e. The number of amides is 3. The van der Waals surface area contributed by atoms with E-state index in [4.69, 9.17) is 34.4 Å². The SMILES string of the molecule is NCCCCC(N)C(=O)NCC(CNC(=O)[C@@H](N)CCCCN)C(=O)N(CCCN)CCCCN. The van der Waals surface area contributed by atoms with Crippen LogP contribution in [0.2, 0.25) is 0 Å². The first kappa shape index (κ1) is 33.2. The fourth-order valence-corrected chi connectivity index (χ4v) is 3.56. The normalized spacial score (nSPS) is 13.7. The van der Waals surface area contributed by atoms with E-state index in [1.165, 1.54) is 0 Å². The van der Waals surface area contributed by atoms with Crippen molar-refractivity contribution in [1.29, 1.82) is 0 Å². The highest BCUT2D eigenvalue weighted by atomic mass is 16.2. The highest BCUT2D eigenvalue weighted by Gasteiger charge is 2.27. The predicted octanol–water partition coefficient (Wildman–Crippen LogP) is -2.34. The van der Waals surface area contributed by atoms with Crippen molar-refractivity contribution in [3.05, 3.63) is 0 Å². The number of nitrogens with two attached hydrogens (primary N) is 6. The minimum absolute atomic E-state index is 0.0565. The molecule has 206 valence electrons. The number of carbonyl (C=O) groups is 3. The van der Waals surface area contributed by atoms with Crippen LogP contribution in [0.1, 0.15) is 57.8 Å². The number of hydrogen-bond acceptors (Lipinski definition) is 9. The van der Waals surface area contributed by atoms with Crippen LogP contribution in [-0.2, 0) is 14.4 Å². The molecule has 0 aliphatic heterocycles. The third-order valence-electron chi connectivity index (χ3n) is 5.83. The monoisotopic (exact) mass is 501 g/mol. The second kappa shape index (κ2) is 21.5. The molecule has 0 radical (unpaired) electrons. The molecule has 0 aromatic rings. The van der Waals surface area contributed by atoms with Gasteiger partial charge >= 0.3 is 0 Å². The fraction of sp³-hybridized carbons (Fsp3) is 0.870. The van der Waals surface area contributed by atoms with Crippen molar-refractivity contribution in [2.24, 2.45) is 40.3 Å². The maximum absolute atomic E-state index is 13.4. The van der Waals surface area contributed by atoms with Crippen LogP contribution in [0.5, 0.6) is 0 Å². The molecule has 0 rings (SSSR count). The first-order valence-electron chi connectivity index (χ1n) is 13.0. The van der Waals surface area contributed by atoms with Crippen molar-refractivity contribution in [3.63, 3.8) is 0 Å². The van der Waals surface area contributed by atoms with E-state index in [2.05, 4.69) is 10.6 Å². The molecule has 3 amide bonds. The molecule has 0 aromatic carbocycles. The minimum Gasteiger partial charge on any atom is -0.354 e. The lowest BCUT2D eigenvalue weighted by Crippen LogP contribution is -2.51. The van der Waals surface area contributed by atoms with E-state index in [0.29, 0.717) is 58.5 Å². The molecule has 0 aromatic heterocycles. The van der Waals surface area contributed by atoms with Gasteiger partial charge in [-0.2, -0.15) is 0 Å². The quantitative estimate of drug-likeness (QED) is 0.0741. The Hall–Kier alpha value is -1.83. The average Bonchev–Trinajstić information content (AvgIpc) is 2.85. The Morgan fingerprint density at radius 1 is 0.600 bits per heavy atom. The summed E-state index contributed by atoms with van der Waals surface area (Å²) in [4.78, 5) is 40.1. The van der Waals surface area contributed by atoms with E-state index in [1.54, 1.807) is 4.90 Å². The zero-order valence-corrected chi connectivity index (χ0v) is 21.4. The second-order valence-corrected chi connectivity index (χ2v) is 8.93. The van der Waals surface area contributed by atoms with Crippen LogP contribution >= 0.6 is 0 Å². The van der Waals surface area contributed by atoms with Gasteiger partial charge < -0.3 is 49.9 Å². The lowest BCUT2D eigenvalue weighted by Gasteiger charge is -2.28. The molecule has 0 bridgehead atoms. The number of unbranched alkanes of at least 4 members (excludes halogenated alkanes) is 3. The van der Waals surface area contributed by atoms with Crippen LogP contribution in [-0.4, -0.2) is 87.1 Å². The Balaban J connectivity index is 5.20. The molecule has 2 unspecified atom stereocenters. The van der Waals surface area contributed by atoms with E-state index < -0.39 is 18.0 Å². The van der Waals surface area contributed by atoms with Crippen molar-refractivity contribution >= 4 is 17.7 Å². The molecule has 0 heterocycles. The summed E-state index contributed by atoms with van der Waals surface area (Å²) in [6, 6.07) is -1.36. The molecule has 0 saturated heterocycles. The van der Waals surface area contributed by atoms with Crippen molar-refractivity contribution in [3.8, 4) is 0 Å². The van der Waals surface area contributed by atoms with Gasteiger partial charge in [0.05, 0.1) is 18.0 Å². The lowest BCUT2D eigenvalue weighted by molar-refractivity contribution is -0.136. The van der Waals surface area contributed by atoms with Crippen molar-refractivity contribution in [1.82, 2.24) is 15.5 Å². The van der Waals surface area contributed by atoms with Crippen LogP contribution in [0.3, 0.4) is 0 Å². The summed E-state index contributed by atoms with van der Waals surface area (Å²) in [6.07, 6.45) is 6.31. The average molecular weight is 502 g/mol. The Kier molecular flexibility index (Phi) is 20.3. The second-order valence-electron chi connectivity index (χ2n) is 8.93. The van der Waals surface area contributed by atoms with E-state index in [1.807, 2.05) is 0 Å². The summed E-state index contributed by atoms with van der Waals surface area (Å²) in [7, 11) is 0. The van der Waals surface area contributed by atoms with Crippen LogP contribution < -0.4 is 45.0 Å². The van der Waals surface area contributed by atoms with Crippen molar-refractivity contribution in [2.75, 3.05) is 52.4 Å². The third-order valence-corrected chi connectivity index (χ3v) is 5.83. The number of rotatable bonds is 22. The van der Waals surface area contributed by atoms with Gasteiger partial charge in [-0.05, 0) is 71.1 Å². The summed E-state index contributed by atoms with van der Waals surface area (Å²) >= 11 is 0. The van der Waals surface area contributed by atoms with E-state index >= 15 is 0 Å². The van der Waals surface area contributed by atoms with E-state index in [0.717, 1.165) is 38.5 Å². The van der Waals surface area contributed by atoms with Gasteiger partial charge in [-0.25, -0.2) is 0 Å². The molecule has 3 atom stereocenters. The minimum atomic E-state index is -0.680. The van der Waals surface area contributed by atoms with Crippen LogP contribution in [0.25, 0.3) is 0 Å². The van der Waals surface area contributed by atoms with Gasteiger partial charge in [0.25, 0.3) is 0 Å². The van der Waals surface area contributed by atoms with Gasteiger partial charge in [0.15, 0.2) is 0 Å². The van der Waals surface area contributed by atoms with Gasteiger partial charge in [0.2, 0.25) is 17.7 Å². The molecular weight excluding hydrogens is 450 g/mol. The Labute approximate surface area is 210 Å². The van der Waals surface area contributed by atoms with Gasteiger partial charge in [0.1, 0.15) is 0 Å². The molecule has 12 nitrogen and oxygen atoms in total. The Bertz CT molecular complexity index is 548. The maximum atomic E-state index is 13.4. The summed E-state index contributed by atoms with van der Waals surface area (Å²) < 4.78 is 0. The zero-order chi connectivity index (χ0) is 26.5. The Morgan fingerprint density at radius 2 is 1.00 bits per heavy atom. The molecule has 0 aliphatic rings. The summed E-state index contributed by atoms with van der Waals surface area (Å²) in [5.41, 5.74) is 34.2. The smallest absolute Gasteiger partial charge is 0.236 e. The molecule has 0 saturated carbocycles. The number of hydrogen-bond donors (Lipinski definition) is 8. The van der Waals surface area contributed by atoms with E-state index in [9.17, 15) is 14.4 Å². The summed E-state index contributed by atoms with van der Waals surface area (Å²) in [6.45, 7) is 3.22. The standard InChI is InChI=1S/C23H51N9O3/c24-10-3-1-8-19(28)21(33)30-16-18(17-31-22(34)20(29)9-2-4-11-25)23(35)32(15-7-13-27)14-6-5-12-26/h18-20H,1-17,24-29H2,(H,30,33)(H,31,34)/t18?,19-,20?/m0/s1. The van der Waals surface area contributed by atoms with Crippen molar-refractivity contribution < 1.29 is 14.4 Å². The van der Waals surface area contributed by atoms with Crippen LogP contribution in [0.15, 0.2) is 0 Å². The highest BCUT2D eigenvalue weighted by molar-refractivity contribution is 5.85. The van der Waals surface area contributed by atoms with Crippen LogP contribution in [0.4, 0.5) is 0 Å². The Morgan fingerprint density at radius 3 is 1.43 bits per heavy atom. The zero-order valence-electron chi connectivity index (χ0n) is 21.4. The van der Waals surface area contributed by atoms with Gasteiger partial charge in [0, 0.05) is 26.2 Å². The predicted molar refractivity (Wildman–Crippen MR) is 140 cm³/mol. The van der Waals surface area contributed by atoms with Gasteiger partial charge in [-0.3, -0.25) is 14.4 Å². The fourth-order valence-electron chi connectivity index (χ4n) is 3.56. The molecular formula is C23H51N9O3. The van der Waals surface area contributed by atoms with Gasteiger partial charge in [-0.15, -0.1) is 0 Å². The topological polar surface area (TPSA) is 235 Å². The lowest BCUT2D eigenvalue weighted by atomic mass is 10.0. The molecule has 14 N–H and O–H groups in total. The van der Waals surface area contributed by atoms with Crippen LogP contribution in [0, 0.1) is 5.92 Å². The molecule has 35 heavy (non-hydrogen) atoms. The highest BCUT2D eigenvalue weighted by Crippen LogP contribution is 2.07. The number of nitrogens with zero attached hydrogens (tertiary/aromatic N) is 1. The number of carbonyl (C=O) groups excluding carboxylic acids is 3. The molecule has 0 fully saturated rings. The first-order valence-corrected chi connectivity index (χ1v) is 13.0. The summed E-state index contributed by atoms with van der Waals surface area (Å²) in [5, 5.41) is 5.56. The van der Waals surface area contributed by atoms with E-state index in [-0.39, 0.29) is 30.8 Å².